The van der Waals surface area contributed by atoms with E-state index in [0.717, 1.165) is 51.6 Å². The van der Waals surface area contributed by atoms with Gasteiger partial charge in [0.1, 0.15) is 0 Å². The van der Waals surface area contributed by atoms with Gasteiger partial charge in [-0.25, -0.2) is 0 Å². The van der Waals surface area contributed by atoms with Gasteiger partial charge in [0.2, 0.25) is 0 Å². The molecule has 0 bridgehead atoms. The third kappa shape index (κ3) is 5.34. The van der Waals surface area contributed by atoms with Crippen LogP contribution in [-0.4, -0.2) is 28.6 Å². The molecule has 0 fully saturated rings. The Balaban J connectivity index is 2.03. The quantitative estimate of drug-likeness (QED) is 0.710. The van der Waals surface area contributed by atoms with E-state index in [9.17, 15) is 9.90 Å². The maximum Gasteiger partial charge on any atom is 0.306 e. The normalized spacial score (nSPS) is 19.2. The summed E-state index contributed by atoms with van der Waals surface area (Å²) in [7, 11) is 0. The van der Waals surface area contributed by atoms with Gasteiger partial charge in [0.05, 0.1) is 5.92 Å². The lowest BCUT2D eigenvalue weighted by molar-refractivity contribution is -0.142. The lowest BCUT2D eigenvalue weighted by Crippen LogP contribution is -2.42. The van der Waals surface area contributed by atoms with Crippen LogP contribution in [0, 0.1) is 11.8 Å². The van der Waals surface area contributed by atoms with Crippen LogP contribution in [0.4, 0.5) is 0 Å². The zero-order valence-electron chi connectivity index (χ0n) is 15.5. The summed E-state index contributed by atoms with van der Waals surface area (Å²) < 4.78 is 0. The molecule has 1 aliphatic heterocycles. The number of carboxylic acid groups (broad SMARTS) is 1. The highest BCUT2D eigenvalue weighted by Crippen LogP contribution is 2.28. The van der Waals surface area contributed by atoms with Gasteiger partial charge in [0.15, 0.2) is 0 Å². The molecule has 1 N–H and O–H groups in total. The van der Waals surface area contributed by atoms with E-state index in [1.54, 1.807) is 0 Å². The molecule has 2 atom stereocenters. The van der Waals surface area contributed by atoms with Crippen molar-refractivity contribution in [3.8, 4) is 0 Å². The number of carboxylic acids is 1. The van der Waals surface area contributed by atoms with Crippen LogP contribution in [0.5, 0.6) is 0 Å². The highest BCUT2D eigenvalue weighted by atomic mass is 16.4. The molecule has 1 aromatic carbocycles. The molecule has 0 aliphatic carbocycles. The smallest absolute Gasteiger partial charge is 0.306 e. The summed E-state index contributed by atoms with van der Waals surface area (Å²) in [5, 5.41) is 9.48. The Bertz CT molecular complexity index is 526. The number of hydrogen-bond donors (Lipinski definition) is 1. The average Bonchev–Trinajstić information content (AvgIpc) is 2.54. The molecule has 0 saturated heterocycles. The molecule has 0 aromatic heterocycles. The number of rotatable bonds is 9. The third-order valence-corrected chi connectivity index (χ3v) is 5.17. The van der Waals surface area contributed by atoms with Crippen molar-refractivity contribution in [2.24, 2.45) is 11.8 Å². The molecule has 0 spiro atoms. The van der Waals surface area contributed by atoms with Gasteiger partial charge in [0.25, 0.3) is 0 Å². The maximum absolute atomic E-state index is 11.5. The molecule has 0 amide bonds. The Kier molecular flexibility index (Phi) is 7.29. The second-order valence-electron chi connectivity index (χ2n) is 7.70. The standard InChI is InChI=1S/C21H33NO2/c1-4-5-8-17(21(23)24)11-12-20-13-18-9-6-7-10-19(18)15-22(20)14-16(2)3/h6-7,9-10,16-17,20H,4-5,8,11-15H2,1-3H3,(H,23,24). The summed E-state index contributed by atoms with van der Waals surface area (Å²) in [5.41, 5.74) is 2.89. The van der Waals surface area contributed by atoms with Crippen LogP contribution in [0.1, 0.15) is 64.0 Å². The van der Waals surface area contributed by atoms with Crippen molar-refractivity contribution in [1.82, 2.24) is 4.90 Å². The molecule has 24 heavy (non-hydrogen) atoms. The van der Waals surface area contributed by atoms with E-state index in [0.29, 0.717) is 12.0 Å². The van der Waals surface area contributed by atoms with Crippen molar-refractivity contribution in [2.45, 2.75) is 71.9 Å². The summed E-state index contributed by atoms with van der Waals surface area (Å²) >= 11 is 0. The van der Waals surface area contributed by atoms with E-state index in [2.05, 4.69) is 49.9 Å². The van der Waals surface area contributed by atoms with Crippen LogP contribution >= 0.6 is 0 Å². The van der Waals surface area contributed by atoms with Gasteiger partial charge in [-0.3, -0.25) is 9.69 Å². The minimum absolute atomic E-state index is 0.178. The molecule has 2 unspecified atom stereocenters. The number of fused-ring (bicyclic) bond motifs is 1. The summed E-state index contributed by atoms with van der Waals surface area (Å²) in [6, 6.07) is 9.19. The number of benzene rings is 1. The summed E-state index contributed by atoms with van der Waals surface area (Å²) in [4.78, 5) is 14.1. The highest BCUT2D eigenvalue weighted by Gasteiger charge is 2.28. The van der Waals surface area contributed by atoms with Crippen LogP contribution in [0.25, 0.3) is 0 Å². The number of nitrogens with zero attached hydrogens (tertiary/aromatic N) is 1. The third-order valence-electron chi connectivity index (χ3n) is 5.17. The molecule has 0 radical (unpaired) electrons. The molecule has 1 aromatic rings. The molecule has 2 rings (SSSR count). The van der Waals surface area contributed by atoms with Crippen LogP contribution in [-0.2, 0) is 17.8 Å². The maximum atomic E-state index is 11.5. The molecule has 0 saturated carbocycles. The van der Waals surface area contributed by atoms with Gasteiger partial charge >= 0.3 is 5.97 Å². The highest BCUT2D eigenvalue weighted by molar-refractivity contribution is 5.69. The molecule has 3 nitrogen and oxygen atoms in total. The van der Waals surface area contributed by atoms with Crippen LogP contribution in [0.15, 0.2) is 24.3 Å². The van der Waals surface area contributed by atoms with Crippen LogP contribution in [0.3, 0.4) is 0 Å². The van der Waals surface area contributed by atoms with Gasteiger partial charge in [0, 0.05) is 19.1 Å². The van der Waals surface area contributed by atoms with Gasteiger partial charge in [-0.2, -0.15) is 0 Å². The lowest BCUT2D eigenvalue weighted by atomic mass is 9.87. The fourth-order valence-corrected chi connectivity index (χ4v) is 3.84. The molecule has 134 valence electrons. The van der Waals surface area contributed by atoms with E-state index < -0.39 is 5.97 Å². The van der Waals surface area contributed by atoms with Gasteiger partial charge in [-0.15, -0.1) is 0 Å². The van der Waals surface area contributed by atoms with Crippen molar-refractivity contribution in [1.29, 1.82) is 0 Å². The first kappa shape index (κ1) is 19.0. The van der Waals surface area contributed by atoms with Crippen LogP contribution in [0.2, 0.25) is 0 Å². The lowest BCUT2D eigenvalue weighted by Gasteiger charge is -2.38. The van der Waals surface area contributed by atoms with E-state index in [4.69, 9.17) is 0 Å². The number of carbonyl (C=O) groups is 1. The van der Waals surface area contributed by atoms with Gasteiger partial charge in [-0.05, 0) is 42.7 Å². The van der Waals surface area contributed by atoms with Crippen molar-refractivity contribution in [3.63, 3.8) is 0 Å². The molecule has 1 aliphatic rings. The topological polar surface area (TPSA) is 40.5 Å². The Labute approximate surface area is 147 Å². The molecule has 1 heterocycles. The van der Waals surface area contributed by atoms with Crippen molar-refractivity contribution >= 4 is 5.97 Å². The number of hydrogen-bond acceptors (Lipinski definition) is 2. The Hall–Kier alpha value is -1.35. The van der Waals surface area contributed by atoms with Crippen molar-refractivity contribution < 1.29 is 9.90 Å². The van der Waals surface area contributed by atoms with Crippen LogP contribution < -0.4 is 0 Å². The van der Waals surface area contributed by atoms with Gasteiger partial charge < -0.3 is 5.11 Å². The van der Waals surface area contributed by atoms with E-state index in [1.165, 1.54) is 11.1 Å². The van der Waals surface area contributed by atoms with Gasteiger partial charge in [-0.1, -0.05) is 57.9 Å². The zero-order chi connectivity index (χ0) is 17.5. The summed E-state index contributed by atoms with van der Waals surface area (Å²) in [5.74, 6) is -0.161. The second-order valence-corrected chi connectivity index (χ2v) is 7.70. The SMILES string of the molecule is CCCCC(CCC1Cc2ccccc2CN1CC(C)C)C(=O)O. The predicted octanol–water partition coefficient (Wildman–Crippen LogP) is 4.74. The molecular formula is C21H33NO2. The Morgan fingerprint density at radius 1 is 1.25 bits per heavy atom. The van der Waals surface area contributed by atoms with Crippen molar-refractivity contribution in [2.75, 3.05) is 6.54 Å². The Morgan fingerprint density at radius 3 is 2.58 bits per heavy atom. The predicted molar refractivity (Wildman–Crippen MR) is 99.1 cm³/mol. The fraction of sp³-hybridized carbons (Fsp3) is 0.667. The van der Waals surface area contributed by atoms with E-state index in [-0.39, 0.29) is 5.92 Å². The molecular weight excluding hydrogens is 298 g/mol. The monoisotopic (exact) mass is 331 g/mol. The summed E-state index contributed by atoms with van der Waals surface area (Å²) in [6.07, 6.45) is 5.75. The minimum Gasteiger partial charge on any atom is -0.481 e. The zero-order valence-corrected chi connectivity index (χ0v) is 15.5. The average molecular weight is 332 g/mol. The fourth-order valence-electron chi connectivity index (χ4n) is 3.84. The van der Waals surface area contributed by atoms with E-state index in [1.807, 2.05) is 0 Å². The Morgan fingerprint density at radius 2 is 1.96 bits per heavy atom. The first-order chi connectivity index (χ1) is 11.5. The van der Waals surface area contributed by atoms with Crippen molar-refractivity contribution in [3.05, 3.63) is 35.4 Å². The van der Waals surface area contributed by atoms with E-state index >= 15 is 0 Å². The number of aliphatic carboxylic acids is 1. The first-order valence-electron chi connectivity index (χ1n) is 9.54. The summed E-state index contributed by atoms with van der Waals surface area (Å²) in [6.45, 7) is 8.75. The second kappa shape index (κ2) is 9.22. The molecule has 3 heteroatoms. The minimum atomic E-state index is -0.616. The number of unbranched alkanes of at least 4 members (excludes halogenated alkanes) is 1. The first-order valence-corrected chi connectivity index (χ1v) is 9.54. The largest absolute Gasteiger partial charge is 0.481 e.